The molecule has 1 aromatic carbocycles. The summed E-state index contributed by atoms with van der Waals surface area (Å²) >= 11 is 0. The first kappa shape index (κ1) is 20.6. The van der Waals surface area contributed by atoms with Crippen molar-refractivity contribution in [2.24, 2.45) is 5.92 Å². The van der Waals surface area contributed by atoms with Gasteiger partial charge >= 0.3 is 0 Å². The minimum Gasteiger partial charge on any atom is -0.508 e. The topological polar surface area (TPSA) is 35.5 Å². The monoisotopic (exact) mass is 360 g/mol. The van der Waals surface area contributed by atoms with Gasteiger partial charge in [-0.15, -0.1) is 24.8 Å². The molecule has 1 heterocycles. The van der Waals surface area contributed by atoms with Gasteiger partial charge in [0, 0.05) is 37.8 Å². The summed E-state index contributed by atoms with van der Waals surface area (Å²) in [5.74, 6) is 1.18. The largest absolute Gasteiger partial charge is 0.508 e. The third kappa shape index (κ3) is 4.99. The first-order chi connectivity index (χ1) is 10.3. The number of rotatable bonds is 3. The van der Waals surface area contributed by atoms with Crippen LogP contribution in [0.15, 0.2) is 18.2 Å². The van der Waals surface area contributed by atoms with E-state index in [1.807, 2.05) is 12.1 Å². The van der Waals surface area contributed by atoms with Crippen LogP contribution in [0.2, 0.25) is 0 Å². The zero-order valence-electron chi connectivity index (χ0n) is 14.0. The highest BCUT2D eigenvalue weighted by atomic mass is 35.5. The van der Waals surface area contributed by atoms with Crippen molar-refractivity contribution in [1.82, 2.24) is 10.2 Å². The van der Waals surface area contributed by atoms with E-state index in [4.69, 9.17) is 0 Å². The second-order valence-electron chi connectivity index (χ2n) is 6.69. The third-order valence-corrected chi connectivity index (χ3v) is 5.14. The molecule has 1 saturated heterocycles. The lowest BCUT2D eigenvalue weighted by atomic mass is 9.79. The van der Waals surface area contributed by atoms with Gasteiger partial charge in [0.2, 0.25) is 0 Å². The van der Waals surface area contributed by atoms with Crippen molar-refractivity contribution in [3.63, 3.8) is 0 Å². The summed E-state index contributed by atoms with van der Waals surface area (Å²) in [4.78, 5) is 2.60. The first-order valence-electron chi connectivity index (χ1n) is 8.50. The molecular weight excluding hydrogens is 331 g/mol. The molecule has 0 radical (unpaired) electrons. The average Bonchev–Trinajstić information content (AvgIpc) is 2.53. The highest BCUT2D eigenvalue weighted by molar-refractivity contribution is 5.85. The van der Waals surface area contributed by atoms with Crippen LogP contribution in [0.5, 0.6) is 5.75 Å². The van der Waals surface area contributed by atoms with Gasteiger partial charge in [0.05, 0.1) is 0 Å². The number of nitrogens with zero attached hydrogens (tertiary/aromatic N) is 1. The van der Waals surface area contributed by atoms with E-state index in [1.54, 1.807) is 0 Å². The van der Waals surface area contributed by atoms with Gasteiger partial charge in [-0.05, 0) is 31.7 Å². The number of aromatic hydroxyl groups is 1. The quantitative estimate of drug-likeness (QED) is 0.852. The van der Waals surface area contributed by atoms with Crippen LogP contribution >= 0.6 is 24.8 Å². The second-order valence-corrected chi connectivity index (χ2v) is 6.69. The van der Waals surface area contributed by atoms with Crippen LogP contribution < -0.4 is 5.32 Å². The van der Waals surface area contributed by atoms with Crippen LogP contribution in [0.3, 0.4) is 0 Å². The highest BCUT2D eigenvalue weighted by Crippen LogP contribution is 2.41. The Morgan fingerprint density at radius 2 is 1.74 bits per heavy atom. The summed E-state index contributed by atoms with van der Waals surface area (Å²) in [7, 11) is 0. The molecular formula is C18H30Cl2N2O. The van der Waals surface area contributed by atoms with Crippen molar-refractivity contribution >= 4 is 24.8 Å². The highest BCUT2D eigenvalue weighted by Gasteiger charge is 2.32. The molecule has 0 spiro atoms. The molecule has 1 aromatic rings. The molecule has 5 heteroatoms. The minimum absolute atomic E-state index is 0. The van der Waals surface area contributed by atoms with E-state index >= 15 is 0 Å². The van der Waals surface area contributed by atoms with Crippen LogP contribution in [0, 0.1) is 12.8 Å². The van der Waals surface area contributed by atoms with Gasteiger partial charge in [-0.2, -0.15) is 0 Å². The third-order valence-electron chi connectivity index (χ3n) is 5.14. The number of aryl methyl sites for hydroxylation is 1. The number of hydrogen-bond donors (Lipinski definition) is 2. The molecule has 3 nitrogen and oxygen atoms in total. The van der Waals surface area contributed by atoms with Gasteiger partial charge in [0.15, 0.2) is 0 Å². The van der Waals surface area contributed by atoms with E-state index in [9.17, 15) is 5.11 Å². The summed E-state index contributed by atoms with van der Waals surface area (Å²) in [6, 6.07) is 6.49. The van der Waals surface area contributed by atoms with Crippen LogP contribution in [0.4, 0.5) is 0 Å². The number of phenols is 1. The fraction of sp³-hybridized carbons (Fsp3) is 0.667. The molecule has 0 amide bonds. The normalized spacial score (nSPS) is 21.1. The molecule has 0 unspecified atom stereocenters. The van der Waals surface area contributed by atoms with Gasteiger partial charge in [-0.25, -0.2) is 0 Å². The molecule has 132 valence electrons. The van der Waals surface area contributed by atoms with E-state index in [1.165, 1.54) is 37.7 Å². The van der Waals surface area contributed by atoms with Crippen LogP contribution in [0.1, 0.15) is 49.3 Å². The number of phenolic OH excluding ortho intramolecular Hbond substituents is 1. The van der Waals surface area contributed by atoms with Crippen molar-refractivity contribution in [3.8, 4) is 5.75 Å². The Bertz CT molecular complexity index is 454. The molecule has 0 bridgehead atoms. The Labute approximate surface area is 152 Å². The lowest BCUT2D eigenvalue weighted by Gasteiger charge is -2.41. The van der Waals surface area contributed by atoms with E-state index < -0.39 is 0 Å². The number of nitrogens with one attached hydrogen (secondary N) is 1. The molecule has 1 aliphatic heterocycles. The maximum atomic E-state index is 10.4. The maximum Gasteiger partial charge on any atom is 0.120 e. The Morgan fingerprint density at radius 1 is 1.09 bits per heavy atom. The predicted molar refractivity (Wildman–Crippen MR) is 101 cm³/mol. The van der Waals surface area contributed by atoms with Gasteiger partial charge in [0.1, 0.15) is 5.75 Å². The number of benzene rings is 1. The fourth-order valence-corrected chi connectivity index (χ4v) is 4.07. The number of halogens is 2. The van der Waals surface area contributed by atoms with Crippen molar-refractivity contribution in [3.05, 3.63) is 29.3 Å². The van der Waals surface area contributed by atoms with Crippen molar-refractivity contribution < 1.29 is 5.11 Å². The first-order valence-corrected chi connectivity index (χ1v) is 8.50. The van der Waals surface area contributed by atoms with Crippen molar-refractivity contribution in [1.29, 1.82) is 0 Å². The Morgan fingerprint density at radius 3 is 2.39 bits per heavy atom. The van der Waals surface area contributed by atoms with Crippen molar-refractivity contribution in [2.45, 2.75) is 45.1 Å². The lowest BCUT2D eigenvalue weighted by molar-refractivity contribution is 0.101. The maximum absolute atomic E-state index is 10.4. The molecule has 1 saturated carbocycles. The zero-order chi connectivity index (χ0) is 14.7. The second kappa shape index (κ2) is 9.73. The molecule has 2 fully saturated rings. The smallest absolute Gasteiger partial charge is 0.120 e. The van der Waals surface area contributed by atoms with Gasteiger partial charge in [-0.3, -0.25) is 4.90 Å². The van der Waals surface area contributed by atoms with E-state index in [0.717, 1.165) is 31.7 Å². The summed E-state index contributed by atoms with van der Waals surface area (Å²) in [6.45, 7) is 6.44. The zero-order valence-corrected chi connectivity index (χ0v) is 15.6. The van der Waals surface area contributed by atoms with Crippen molar-refractivity contribution in [2.75, 3.05) is 26.2 Å². The molecule has 3 rings (SSSR count). The number of piperazine rings is 1. The summed E-state index contributed by atoms with van der Waals surface area (Å²) in [5, 5.41) is 13.9. The molecule has 0 aromatic heterocycles. The molecule has 2 aliphatic rings. The molecule has 2 N–H and O–H groups in total. The van der Waals surface area contributed by atoms with Crippen LogP contribution in [0.25, 0.3) is 0 Å². The van der Waals surface area contributed by atoms with E-state index in [-0.39, 0.29) is 24.8 Å². The van der Waals surface area contributed by atoms with Crippen LogP contribution in [-0.4, -0.2) is 36.2 Å². The van der Waals surface area contributed by atoms with Gasteiger partial charge in [-0.1, -0.05) is 37.0 Å². The predicted octanol–water partition coefficient (Wildman–Crippen LogP) is 4.07. The Kier molecular flexibility index (Phi) is 8.70. The molecule has 1 aliphatic carbocycles. The Balaban J connectivity index is 0.00000132. The molecule has 23 heavy (non-hydrogen) atoms. The standard InChI is InChI=1S/C18H28N2O.2ClH/c1-14-7-8-17(21)16(13-14)18(15-5-3-2-4-6-15)20-11-9-19-10-12-20;;/h7-8,13,15,18-19,21H,2-6,9-12H2,1H3;2*1H/t18-;;/m0../s1. The van der Waals surface area contributed by atoms with Gasteiger partial charge in [0.25, 0.3) is 0 Å². The van der Waals surface area contributed by atoms with Crippen LogP contribution in [-0.2, 0) is 0 Å². The summed E-state index contributed by atoms with van der Waals surface area (Å²) in [6.07, 6.45) is 6.69. The van der Waals surface area contributed by atoms with E-state index in [0.29, 0.717) is 17.7 Å². The van der Waals surface area contributed by atoms with Gasteiger partial charge < -0.3 is 10.4 Å². The molecule has 1 atom stereocenters. The lowest BCUT2D eigenvalue weighted by Crippen LogP contribution is -2.47. The minimum atomic E-state index is 0. The average molecular weight is 361 g/mol. The summed E-state index contributed by atoms with van der Waals surface area (Å²) < 4.78 is 0. The summed E-state index contributed by atoms with van der Waals surface area (Å²) in [5.41, 5.74) is 2.41. The Hall–Kier alpha value is -0.480. The number of hydrogen-bond acceptors (Lipinski definition) is 3. The van der Waals surface area contributed by atoms with E-state index in [2.05, 4.69) is 23.2 Å². The SMILES string of the molecule is Cc1ccc(O)c([C@H](C2CCCCC2)N2CCNCC2)c1.Cl.Cl. The fourth-order valence-electron chi connectivity index (χ4n) is 4.07.